The third-order valence-electron chi connectivity index (χ3n) is 2.61. The molecule has 80 valence electrons. The van der Waals surface area contributed by atoms with Crippen molar-refractivity contribution in [3.63, 3.8) is 0 Å². The van der Waals surface area contributed by atoms with E-state index in [1.807, 2.05) is 12.1 Å². The fourth-order valence-corrected chi connectivity index (χ4v) is 1.64. The van der Waals surface area contributed by atoms with Crippen molar-refractivity contribution in [3.8, 4) is 0 Å². The van der Waals surface area contributed by atoms with E-state index in [1.54, 1.807) is 0 Å². The number of carbonyl (C=O) groups excluding carboxylic acids is 1. The Hall–Kier alpha value is -1.42. The van der Waals surface area contributed by atoms with Crippen LogP contribution in [-0.2, 0) is 11.2 Å². The minimum atomic E-state index is -0.441. The van der Waals surface area contributed by atoms with E-state index in [2.05, 4.69) is 24.1 Å². The van der Waals surface area contributed by atoms with Crippen molar-refractivity contribution in [3.05, 3.63) is 23.4 Å². The molecule has 2 heterocycles. The van der Waals surface area contributed by atoms with Crippen LogP contribution in [0.25, 0.3) is 0 Å². The molecule has 1 aromatic rings. The summed E-state index contributed by atoms with van der Waals surface area (Å²) in [5.74, 6) is 0.895. The molecule has 2 rings (SSSR count). The highest BCUT2D eigenvalue weighted by atomic mass is 16.2. The molecule has 0 bridgehead atoms. The zero-order chi connectivity index (χ0) is 11.0. The van der Waals surface area contributed by atoms with E-state index in [0.717, 1.165) is 11.3 Å². The Labute approximate surface area is 88.9 Å². The maximum absolute atomic E-state index is 11.4. The van der Waals surface area contributed by atoms with Gasteiger partial charge in [0.25, 0.3) is 0 Å². The van der Waals surface area contributed by atoms with Crippen molar-refractivity contribution in [2.24, 2.45) is 5.73 Å². The van der Waals surface area contributed by atoms with Gasteiger partial charge < -0.3 is 11.1 Å². The number of anilines is 1. The molecular formula is C11H15N3O. The van der Waals surface area contributed by atoms with Crippen LogP contribution in [0.5, 0.6) is 0 Å². The summed E-state index contributed by atoms with van der Waals surface area (Å²) in [5, 5.41) is 2.73. The van der Waals surface area contributed by atoms with Gasteiger partial charge >= 0.3 is 0 Å². The number of rotatable bonds is 1. The quantitative estimate of drug-likeness (QED) is 0.719. The average Bonchev–Trinajstić information content (AvgIpc) is 2.19. The number of pyridine rings is 1. The van der Waals surface area contributed by atoms with E-state index >= 15 is 0 Å². The third kappa shape index (κ3) is 1.85. The minimum absolute atomic E-state index is 0.143. The molecule has 1 aliphatic heterocycles. The highest BCUT2D eigenvalue weighted by Crippen LogP contribution is 2.22. The summed E-state index contributed by atoms with van der Waals surface area (Å²) >= 11 is 0. The molecule has 0 aromatic carbocycles. The smallest absolute Gasteiger partial charge is 0.242 e. The van der Waals surface area contributed by atoms with E-state index in [4.69, 9.17) is 5.73 Å². The van der Waals surface area contributed by atoms with Crippen LogP contribution in [0, 0.1) is 0 Å². The molecule has 0 aliphatic carbocycles. The van der Waals surface area contributed by atoms with Gasteiger partial charge in [0.2, 0.25) is 5.91 Å². The molecule has 15 heavy (non-hydrogen) atoms. The van der Waals surface area contributed by atoms with Gasteiger partial charge in [-0.1, -0.05) is 19.9 Å². The molecule has 1 aliphatic rings. The Balaban J connectivity index is 2.37. The molecule has 0 saturated carbocycles. The lowest BCUT2D eigenvalue weighted by atomic mass is 10.0. The fourth-order valence-electron chi connectivity index (χ4n) is 1.64. The van der Waals surface area contributed by atoms with Gasteiger partial charge in [0.05, 0.1) is 6.04 Å². The Morgan fingerprint density at radius 3 is 2.93 bits per heavy atom. The van der Waals surface area contributed by atoms with Gasteiger partial charge in [-0.15, -0.1) is 0 Å². The van der Waals surface area contributed by atoms with Gasteiger partial charge in [-0.2, -0.15) is 0 Å². The van der Waals surface area contributed by atoms with Crippen molar-refractivity contribution in [2.45, 2.75) is 32.2 Å². The molecule has 0 fully saturated rings. The van der Waals surface area contributed by atoms with Crippen molar-refractivity contribution >= 4 is 11.7 Å². The van der Waals surface area contributed by atoms with Crippen molar-refractivity contribution in [1.82, 2.24) is 4.98 Å². The summed E-state index contributed by atoms with van der Waals surface area (Å²) in [5.41, 5.74) is 7.66. The SMILES string of the molecule is CC(C)c1ccc2c(n1)NC(=O)[C@H](N)C2. The van der Waals surface area contributed by atoms with E-state index in [-0.39, 0.29) is 5.91 Å². The van der Waals surface area contributed by atoms with Gasteiger partial charge in [-0.3, -0.25) is 4.79 Å². The number of carbonyl (C=O) groups is 1. The average molecular weight is 205 g/mol. The molecule has 0 radical (unpaired) electrons. The van der Waals surface area contributed by atoms with Gasteiger partial charge in [0.15, 0.2) is 0 Å². The van der Waals surface area contributed by atoms with Gasteiger partial charge in [-0.25, -0.2) is 4.98 Å². The lowest BCUT2D eigenvalue weighted by Gasteiger charge is -2.21. The first-order chi connectivity index (χ1) is 7.08. The lowest BCUT2D eigenvalue weighted by Crippen LogP contribution is -2.41. The van der Waals surface area contributed by atoms with E-state index < -0.39 is 6.04 Å². The topological polar surface area (TPSA) is 68.0 Å². The Morgan fingerprint density at radius 1 is 1.53 bits per heavy atom. The normalized spacial score (nSPS) is 20.0. The summed E-state index contributed by atoms with van der Waals surface area (Å²) in [6.07, 6.45) is 0.576. The number of nitrogens with zero attached hydrogens (tertiary/aromatic N) is 1. The second kappa shape index (κ2) is 3.62. The highest BCUT2D eigenvalue weighted by molar-refractivity contribution is 5.96. The monoisotopic (exact) mass is 205 g/mol. The van der Waals surface area contributed by atoms with E-state index in [9.17, 15) is 4.79 Å². The van der Waals surface area contributed by atoms with Crippen molar-refractivity contribution in [2.75, 3.05) is 5.32 Å². The lowest BCUT2D eigenvalue weighted by molar-refractivity contribution is -0.117. The third-order valence-corrected chi connectivity index (χ3v) is 2.61. The molecule has 1 amide bonds. The zero-order valence-corrected chi connectivity index (χ0v) is 8.95. The summed E-state index contributed by atoms with van der Waals surface area (Å²) in [6, 6.07) is 3.55. The minimum Gasteiger partial charge on any atom is -0.320 e. The first-order valence-corrected chi connectivity index (χ1v) is 5.14. The van der Waals surface area contributed by atoms with Crippen LogP contribution in [0.15, 0.2) is 12.1 Å². The van der Waals surface area contributed by atoms with Crippen LogP contribution in [0.2, 0.25) is 0 Å². The summed E-state index contributed by atoms with van der Waals surface area (Å²) in [4.78, 5) is 15.8. The maximum atomic E-state index is 11.4. The summed E-state index contributed by atoms with van der Waals surface area (Å²) < 4.78 is 0. The first kappa shape index (κ1) is 10.1. The second-order valence-electron chi connectivity index (χ2n) is 4.20. The van der Waals surface area contributed by atoms with Crippen LogP contribution < -0.4 is 11.1 Å². The Kier molecular flexibility index (Phi) is 2.44. The van der Waals surface area contributed by atoms with Gasteiger partial charge in [-0.05, 0) is 17.5 Å². The second-order valence-corrected chi connectivity index (χ2v) is 4.20. The molecule has 4 nitrogen and oxygen atoms in total. The molecule has 0 unspecified atom stereocenters. The number of hydrogen-bond acceptors (Lipinski definition) is 3. The predicted molar refractivity (Wildman–Crippen MR) is 58.6 cm³/mol. The number of hydrogen-bond donors (Lipinski definition) is 2. The van der Waals surface area contributed by atoms with Crippen molar-refractivity contribution < 1.29 is 4.79 Å². The molecule has 0 saturated heterocycles. The van der Waals surface area contributed by atoms with Gasteiger partial charge in [0.1, 0.15) is 5.82 Å². The number of nitrogens with two attached hydrogens (primary N) is 1. The van der Waals surface area contributed by atoms with E-state index in [0.29, 0.717) is 18.2 Å². The molecule has 1 atom stereocenters. The number of amides is 1. The van der Waals surface area contributed by atoms with E-state index in [1.165, 1.54) is 0 Å². The predicted octanol–water partition coefficient (Wildman–Crippen LogP) is 1.03. The molecule has 0 spiro atoms. The molecular weight excluding hydrogens is 190 g/mol. The van der Waals surface area contributed by atoms with Gasteiger partial charge in [0, 0.05) is 12.1 Å². The standard InChI is InChI=1S/C11H15N3O/c1-6(2)9-4-3-7-5-8(12)11(15)14-10(7)13-9/h3-4,6,8H,5,12H2,1-2H3,(H,13,14,15)/t8-/m1/s1. The van der Waals surface area contributed by atoms with Crippen LogP contribution in [0.4, 0.5) is 5.82 Å². The molecule has 1 aromatic heterocycles. The molecule has 3 N–H and O–H groups in total. The number of aromatic nitrogens is 1. The van der Waals surface area contributed by atoms with Crippen molar-refractivity contribution in [1.29, 1.82) is 0 Å². The Bertz CT molecular complexity index is 401. The Morgan fingerprint density at radius 2 is 2.27 bits per heavy atom. The highest BCUT2D eigenvalue weighted by Gasteiger charge is 2.23. The maximum Gasteiger partial charge on any atom is 0.242 e. The largest absolute Gasteiger partial charge is 0.320 e. The summed E-state index contributed by atoms with van der Waals surface area (Å²) in [7, 11) is 0. The van der Waals surface area contributed by atoms with Crippen LogP contribution in [0.3, 0.4) is 0 Å². The zero-order valence-electron chi connectivity index (χ0n) is 8.95. The fraction of sp³-hybridized carbons (Fsp3) is 0.455. The molecule has 4 heteroatoms. The van der Waals surface area contributed by atoms with Crippen LogP contribution in [0.1, 0.15) is 31.0 Å². The van der Waals surface area contributed by atoms with Crippen LogP contribution in [-0.4, -0.2) is 16.9 Å². The number of nitrogens with one attached hydrogen (secondary N) is 1. The first-order valence-electron chi connectivity index (χ1n) is 5.14. The number of fused-ring (bicyclic) bond motifs is 1. The van der Waals surface area contributed by atoms with Crippen LogP contribution >= 0.6 is 0 Å². The summed E-state index contributed by atoms with van der Waals surface area (Å²) in [6.45, 7) is 4.15.